The molecule has 0 aliphatic heterocycles. The van der Waals surface area contributed by atoms with Crippen molar-refractivity contribution in [2.45, 2.75) is 59.6 Å². The van der Waals surface area contributed by atoms with Gasteiger partial charge in [-0.05, 0) is 82.3 Å². The first-order valence-corrected chi connectivity index (χ1v) is 12.4. The van der Waals surface area contributed by atoms with Gasteiger partial charge in [0.1, 0.15) is 11.8 Å². The highest BCUT2D eigenvalue weighted by atomic mass is 32.2. The number of hydrogen-bond acceptors (Lipinski definition) is 4. The van der Waals surface area contributed by atoms with Crippen molar-refractivity contribution >= 4 is 21.6 Å². The van der Waals surface area contributed by atoms with Crippen molar-refractivity contribution < 1.29 is 17.9 Å². The molecule has 0 aromatic heterocycles. The van der Waals surface area contributed by atoms with E-state index in [0.29, 0.717) is 12.2 Å². The van der Waals surface area contributed by atoms with Gasteiger partial charge in [0, 0.05) is 6.54 Å². The molecule has 1 N–H and O–H groups in total. The SMILES string of the molecule is Cc1ccc(C)c(N(C(C)C(=O)NCCCc2ccc(OC(C)C)cc2)S(C)(=O)=O)c1. The van der Waals surface area contributed by atoms with Gasteiger partial charge in [-0.1, -0.05) is 24.3 Å². The molecule has 170 valence electrons. The summed E-state index contributed by atoms with van der Waals surface area (Å²) in [5.41, 5.74) is 3.44. The van der Waals surface area contributed by atoms with Crippen molar-refractivity contribution in [3.63, 3.8) is 0 Å². The van der Waals surface area contributed by atoms with Gasteiger partial charge >= 0.3 is 0 Å². The Morgan fingerprint density at radius 3 is 2.29 bits per heavy atom. The van der Waals surface area contributed by atoms with Crippen molar-refractivity contribution in [2.24, 2.45) is 0 Å². The van der Waals surface area contributed by atoms with Crippen LogP contribution in [0.1, 0.15) is 43.9 Å². The Kier molecular flexibility index (Phi) is 8.51. The van der Waals surface area contributed by atoms with Crippen LogP contribution in [0.15, 0.2) is 42.5 Å². The van der Waals surface area contributed by atoms with E-state index < -0.39 is 16.1 Å². The number of amides is 1. The average Bonchev–Trinajstić information content (AvgIpc) is 2.67. The lowest BCUT2D eigenvalue weighted by molar-refractivity contribution is -0.121. The van der Waals surface area contributed by atoms with Crippen LogP contribution in [0, 0.1) is 13.8 Å². The number of carbonyl (C=O) groups excluding carboxylic acids is 1. The molecule has 2 aromatic carbocycles. The molecule has 0 fully saturated rings. The number of aryl methyl sites for hydroxylation is 3. The Morgan fingerprint density at radius 1 is 1.06 bits per heavy atom. The summed E-state index contributed by atoms with van der Waals surface area (Å²) < 4.78 is 31.8. The number of benzene rings is 2. The standard InChI is InChI=1S/C24H34N2O4S/c1-17(2)30-22-13-11-21(12-14-22)8-7-15-25-24(27)20(5)26(31(6,28)29)23-16-18(3)9-10-19(23)4/h9-14,16-17,20H,7-8,15H2,1-6H3,(H,25,27). The van der Waals surface area contributed by atoms with E-state index in [9.17, 15) is 13.2 Å². The minimum atomic E-state index is -3.63. The number of sulfonamides is 1. The summed E-state index contributed by atoms with van der Waals surface area (Å²) in [6.07, 6.45) is 2.83. The average molecular weight is 447 g/mol. The van der Waals surface area contributed by atoms with Gasteiger partial charge in [0.2, 0.25) is 15.9 Å². The van der Waals surface area contributed by atoms with E-state index in [1.807, 2.05) is 64.1 Å². The largest absolute Gasteiger partial charge is 0.491 e. The predicted molar refractivity (Wildman–Crippen MR) is 126 cm³/mol. The molecule has 7 heteroatoms. The summed E-state index contributed by atoms with van der Waals surface area (Å²) in [7, 11) is -3.63. The molecule has 0 spiro atoms. The van der Waals surface area contributed by atoms with Crippen molar-refractivity contribution in [1.29, 1.82) is 0 Å². The van der Waals surface area contributed by atoms with Crippen molar-refractivity contribution in [2.75, 3.05) is 17.1 Å². The highest BCUT2D eigenvalue weighted by Crippen LogP contribution is 2.26. The summed E-state index contributed by atoms with van der Waals surface area (Å²) in [4.78, 5) is 12.7. The van der Waals surface area contributed by atoms with Gasteiger partial charge < -0.3 is 10.1 Å². The van der Waals surface area contributed by atoms with E-state index in [0.717, 1.165) is 41.5 Å². The number of nitrogens with zero attached hydrogens (tertiary/aromatic N) is 1. The Bertz CT molecular complexity index is 985. The highest BCUT2D eigenvalue weighted by molar-refractivity contribution is 7.92. The van der Waals surface area contributed by atoms with Gasteiger partial charge in [0.05, 0.1) is 18.0 Å². The van der Waals surface area contributed by atoms with Crippen molar-refractivity contribution in [3.05, 3.63) is 59.2 Å². The zero-order valence-corrected chi connectivity index (χ0v) is 20.1. The van der Waals surface area contributed by atoms with Crippen molar-refractivity contribution in [1.82, 2.24) is 5.32 Å². The maximum atomic E-state index is 12.7. The number of hydrogen-bond donors (Lipinski definition) is 1. The second-order valence-corrected chi connectivity index (χ2v) is 10.1. The maximum Gasteiger partial charge on any atom is 0.243 e. The molecule has 0 heterocycles. The van der Waals surface area contributed by atoms with Crippen LogP contribution in [0.5, 0.6) is 5.75 Å². The van der Waals surface area contributed by atoms with Gasteiger partial charge in [0.25, 0.3) is 0 Å². The first-order chi connectivity index (χ1) is 14.5. The van der Waals surface area contributed by atoms with Crippen LogP contribution in [0.25, 0.3) is 0 Å². The molecule has 0 aliphatic rings. The van der Waals surface area contributed by atoms with Gasteiger partial charge in [-0.2, -0.15) is 0 Å². The summed E-state index contributed by atoms with van der Waals surface area (Å²) >= 11 is 0. The van der Waals surface area contributed by atoms with E-state index in [-0.39, 0.29) is 12.0 Å². The second-order valence-electron chi connectivity index (χ2n) is 8.23. The molecule has 0 saturated heterocycles. The lowest BCUT2D eigenvalue weighted by Crippen LogP contribution is -2.48. The summed E-state index contributed by atoms with van der Waals surface area (Å²) in [5, 5.41) is 2.88. The van der Waals surface area contributed by atoms with Crippen LogP contribution in [0.2, 0.25) is 0 Å². The zero-order chi connectivity index (χ0) is 23.2. The zero-order valence-electron chi connectivity index (χ0n) is 19.3. The number of carbonyl (C=O) groups is 1. The van der Waals surface area contributed by atoms with Crippen LogP contribution in [-0.2, 0) is 21.2 Å². The van der Waals surface area contributed by atoms with Crippen LogP contribution < -0.4 is 14.4 Å². The third-order valence-electron chi connectivity index (χ3n) is 4.93. The first-order valence-electron chi connectivity index (χ1n) is 10.6. The third kappa shape index (κ3) is 7.28. The third-order valence-corrected chi connectivity index (χ3v) is 6.15. The molecule has 0 bridgehead atoms. The first kappa shape index (κ1) is 24.7. The predicted octanol–water partition coefficient (Wildman–Crippen LogP) is 3.99. The molecule has 0 radical (unpaired) electrons. The Hall–Kier alpha value is -2.54. The molecular weight excluding hydrogens is 412 g/mol. The van der Waals surface area contributed by atoms with E-state index in [1.54, 1.807) is 13.0 Å². The lowest BCUT2D eigenvalue weighted by atomic mass is 10.1. The molecule has 2 aromatic rings. The monoisotopic (exact) mass is 446 g/mol. The molecule has 6 nitrogen and oxygen atoms in total. The molecule has 1 atom stereocenters. The summed E-state index contributed by atoms with van der Waals surface area (Å²) in [6, 6.07) is 12.7. The Morgan fingerprint density at radius 2 is 1.71 bits per heavy atom. The van der Waals surface area contributed by atoms with Gasteiger partial charge in [-0.15, -0.1) is 0 Å². The quantitative estimate of drug-likeness (QED) is 0.560. The topological polar surface area (TPSA) is 75.7 Å². The maximum absolute atomic E-state index is 12.7. The van der Waals surface area contributed by atoms with Crippen LogP contribution in [0.4, 0.5) is 5.69 Å². The smallest absolute Gasteiger partial charge is 0.243 e. The minimum absolute atomic E-state index is 0.137. The van der Waals surface area contributed by atoms with Crippen LogP contribution in [-0.4, -0.2) is 39.3 Å². The van der Waals surface area contributed by atoms with Crippen LogP contribution >= 0.6 is 0 Å². The number of anilines is 1. The second kappa shape index (κ2) is 10.7. The Balaban J connectivity index is 1.96. The fourth-order valence-electron chi connectivity index (χ4n) is 3.40. The number of nitrogens with one attached hydrogen (secondary N) is 1. The summed E-state index contributed by atoms with van der Waals surface area (Å²) in [5.74, 6) is 0.528. The molecule has 31 heavy (non-hydrogen) atoms. The normalized spacial score (nSPS) is 12.5. The van der Waals surface area contributed by atoms with Gasteiger partial charge in [0.15, 0.2) is 0 Å². The molecule has 2 rings (SSSR count). The number of ether oxygens (including phenoxy) is 1. The lowest BCUT2D eigenvalue weighted by Gasteiger charge is -2.29. The molecule has 0 aliphatic carbocycles. The van der Waals surface area contributed by atoms with Crippen LogP contribution in [0.3, 0.4) is 0 Å². The fraction of sp³-hybridized carbons (Fsp3) is 0.458. The van der Waals surface area contributed by atoms with Gasteiger partial charge in [-0.3, -0.25) is 9.10 Å². The fourth-order valence-corrected chi connectivity index (χ4v) is 4.62. The van der Waals surface area contributed by atoms with Gasteiger partial charge in [-0.25, -0.2) is 8.42 Å². The van der Waals surface area contributed by atoms with E-state index in [1.165, 1.54) is 4.31 Å². The molecule has 0 saturated carbocycles. The van der Waals surface area contributed by atoms with E-state index in [2.05, 4.69) is 5.32 Å². The van der Waals surface area contributed by atoms with E-state index >= 15 is 0 Å². The molecule has 1 unspecified atom stereocenters. The number of rotatable bonds is 10. The molecule has 1 amide bonds. The highest BCUT2D eigenvalue weighted by Gasteiger charge is 2.30. The van der Waals surface area contributed by atoms with E-state index in [4.69, 9.17) is 4.74 Å². The summed E-state index contributed by atoms with van der Waals surface area (Å²) in [6.45, 7) is 9.81. The minimum Gasteiger partial charge on any atom is -0.491 e. The van der Waals surface area contributed by atoms with Crippen molar-refractivity contribution in [3.8, 4) is 5.75 Å². The Labute approximate surface area is 186 Å². The molecular formula is C24H34N2O4S.